The monoisotopic (exact) mass is 394 g/mol. The molecular formula is C23H26N2O4. The molecule has 1 aromatic heterocycles. The number of benzene rings is 1. The van der Waals surface area contributed by atoms with E-state index in [2.05, 4.69) is 29.8 Å². The lowest BCUT2D eigenvalue weighted by atomic mass is 10.0. The van der Waals surface area contributed by atoms with Crippen molar-refractivity contribution >= 4 is 0 Å². The summed E-state index contributed by atoms with van der Waals surface area (Å²) >= 11 is 0. The van der Waals surface area contributed by atoms with Gasteiger partial charge in [0.1, 0.15) is 18.5 Å². The maximum absolute atomic E-state index is 12.6. The maximum Gasteiger partial charge on any atom is 0.257 e. The Hall–Kier alpha value is -2.62. The quantitative estimate of drug-likeness (QED) is 0.729. The summed E-state index contributed by atoms with van der Waals surface area (Å²) in [6.45, 7) is 6.33. The van der Waals surface area contributed by atoms with E-state index in [1.54, 1.807) is 4.57 Å². The number of rotatable bonds is 5. The summed E-state index contributed by atoms with van der Waals surface area (Å²) in [5, 5.41) is 0. The highest BCUT2D eigenvalue weighted by atomic mass is 16.6. The van der Waals surface area contributed by atoms with Crippen molar-refractivity contribution in [2.45, 2.75) is 39.3 Å². The van der Waals surface area contributed by atoms with Gasteiger partial charge in [0.05, 0.1) is 32.4 Å². The average Bonchev–Trinajstić information content (AvgIpc) is 3.54. The van der Waals surface area contributed by atoms with E-state index in [1.165, 1.54) is 18.9 Å². The second-order valence-corrected chi connectivity index (χ2v) is 7.63. The summed E-state index contributed by atoms with van der Waals surface area (Å²) in [6.07, 6.45) is 2.32. The van der Waals surface area contributed by atoms with Crippen molar-refractivity contribution in [2.24, 2.45) is 5.92 Å². The molecular weight excluding hydrogens is 368 g/mol. The molecule has 0 spiro atoms. The lowest BCUT2D eigenvalue weighted by Crippen LogP contribution is -2.34. The fourth-order valence-electron chi connectivity index (χ4n) is 3.21. The molecule has 152 valence electrons. The molecule has 2 aliphatic rings. The summed E-state index contributed by atoms with van der Waals surface area (Å²) in [4.78, 5) is 17.1. The molecule has 1 aromatic carbocycles. The second-order valence-electron chi connectivity index (χ2n) is 7.63. The van der Waals surface area contributed by atoms with Crippen LogP contribution in [0.4, 0.5) is 0 Å². The molecule has 29 heavy (non-hydrogen) atoms. The maximum atomic E-state index is 12.6. The first-order valence-corrected chi connectivity index (χ1v) is 10.1. The Balaban J connectivity index is 1.44. The van der Waals surface area contributed by atoms with Gasteiger partial charge in [0, 0.05) is 11.5 Å². The Morgan fingerprint density at radius 2 is 2.10 bits per heavy atom. The molecule has 1 saturated carbocycles. The summed E-state index contributed by atoms with van der Waals surface area (Å²) in [5.74, 6) is 8.05. The van der Waals surface area contributed by atoms with E-state index in [9.17, 15) is 4.79 Å². The molecule has 2 heterocycles. The SMILES string of the molecule is Cc1cc(C#CC2CC2)ccc1Cn1c(C)nc(OCC2COCCO2)cc1=O. The van der Waals surface area contributed by atoms with Crippen LogP contribution >= 0.6 is 0 Å². The topological polar surface area (TPSA) is 62.6 Å². The van der Waals surface area contributed by atoms with Crippen molar-refractivity contribution in [2.75, 3.05) is 26.4 Å². The largest absolute Gasteiger partial charge is 0.475 e. The van der Waals surface area contributed by atoms with Crippen LogP contribution < -0.4 is 10.3 Å². The van der Waals surface area contributed by atoms with Crippen LogP contribution in [0.5, 0.6) is 5.88 Å². The molecule has 1 saturated heterocycles. The molecule has 4 rings (SSSR count). The van der Waals surface area contributed by atoms with Gasteiger partial charge in [-0.1, -0.05) is 17.9 Å². The molecule has 0 radical (unpaired) electrons. The highest BCUT2D eigenvalue weighted by molar-refractivity contribution is 5.41. The third-order valence-electron chi connectivity index (χ3n) is 5.15. The average molecular weight is 394 g/mol. The van der Waals surface area contributed by atoms with Crippen molar-refractivity contribution < 1.29 is 14.2 Å². The van der Waals surface area contributed by atoms with Crippen LogP contribution in [-0.2, 0) is 16.0 Å². The van der Waals surface area contributed by atoms with Gasteiger partial charge in [-0.05, 0) is 49.9 Å². The number of aromatic nitrogens is 2. The number of aryl methyl sites for hydroxylation is 2. The molecule has 1 unspecified atom stereocenters. The van der Waals surface area contributed by atoms with Crippen molar-refractivity contribution in [3.05, 3.63) is 57.1 Å². The van der Waals surface area contributed by atoms with E-state index < -0.39 is 0 Å². The molecule has 2 fully saturated rings. The molecule has 2 aromatic rings. The molecule has 0 amide bonds. The summed E-state index contributed by atoms with van der Waals surface area (Å²) < 4.78 is 18.2. The first kappa shape index (κ1) is 19.7. The van der Waals surface area contributed by atoms with Gasteiger partial charge >= 0.3 is 0 Å². The Kier molecular flexibility index (Phi) is 5.98. The Morgan fingerprint density at radius 3 is 2.79 bits per heavy atom. The van der Waals surface area contributed by atoms with Crippen LogP contribution in [0, 0.1) is 31.6 Å². The fourth-order valence-corrected chi connectivity index (χ4v) is 3.21. The standard InChI is InChI=1S/C23H26N2O4/c1-16-11-19(6-5-18-3-4-18)7-8-20(16)13-25-17(2)24-22(12-23(25)26)29-15-21-14-27-9-10-28-21/h7-8,11-12,18,21H,3-4,9-10,13-15H2,1-2H3. The van der Waals surface area contributed by atoms with Crippen LogP contribution in [0.25, 0.3) is 0 Å². The normalized spacial score (nSPS) is 18.8. The van der Waals surface area contributed by atoms with Crippen molar-refractivity contribution in [1.82, 2.24) is 9.55 Å². The number of hydrogen-bond donors (Lipinski definition) is 0. The van der Waals surface area contributed by atoms with Gasteiger partial charge in [0.15, 0.2) is 0 Å². The summed E-state index contributed by atoms with van der Waals surface area (Å²) in [5.41, 5.74) is 3.09. The van der Waals surface area contributed by atoms with Gasteiger partial charge in [0.25, 0.3) is 5.56 Å². The predicted molar refractivity (Wildman–Crippen MR) is 109 cm³/mol. The highest BCUT2D eigenvalue weighted by Crippen LogP contribution is 2.27. The summed E-state index contributed by atoms with van der Waals surface area (Å²) in [7, 11) is 0. The van der Waals surface area contributed by atoms with Gasteiger partial charge in [-0.3, -0.25) is 9.36 Å². The fraction of sp³-hybridized carbons (Fsp3) is 0.478. The summed E-state index contributed by atoms with van der Waals surface area (Å²) in [6, 6.07) is 7.59. The second kappa shape index (κ2) is 8.81. The smallest absolute Gasteiger partial charge is 0.257 e. The molecule has 0 bridgehead atoms. The minimum atomic E-state index is -0.134. The van der Waals surface area contributed by atoms with Gasteiger partial charge in [-0.15, -0.1) is 0 Å². The van der Waals surface area contributed by atoms with E-state index in [4.69, 9.17) is 14.2 Å². The molecule has 1 aliphatic heterocycles. The highest BCUT2D eigenvalue weighted by Gasteiger charge is 2.18. The number of hydrogen-bond acceptors (Lipinski definition) is 5. The van der Waals surface area contributed by atoms with Crippen LogP contribution in [0.1, 0.15) is 35.4 Å². The molecule has 1 aliphatic carbocycles. The van der Waals surface area contributed by atoms with Crippen molar-refractivity contribution in [3.8, 4) is 17.7 Å². The van der Waals surface area contributed by atoms with E-state index in [-0.39, 0.29) is 11.7 Å². The minimum Gasteiger partial charge on any atom is -0.475 e. The Labute approximate surface area is 170 Å². The number of nitrogens with zero attached hydrogens (tertiary/aromatic N) is 2. The molecule has 6 heteroatoms. The zero-order chi connectivity index (χ0) is 20.2. The molecule has 6 nitrogen and oxygen atoms in total. The number of ether oxygens (including phenoxy) is 3. The molecule has 1 atom stereocenters. The Bertz CT molecular complexity index is 992. The Morgan fingerprint density at radius 1 is 1.24 bits per heavy atom. The van der Waals surface area contributed by atoms with Crippen molar-refractivity contribution in [1.29, 1.82) is 0 Å². The van der Waals surface area contributed by atoms with E-state index in [1.807, 2.05) is 19.1 Å². The van der Waals surface area contributed by atoms with Crippen LogP contribution in [0.15, 0.2) is 29.1 Å². The minimum absolute atomic E-state index is 0.127. The van der Waals surface area contributed by atoms with Crippen LogP contribution in [-0.4, -0.2) is 42.1 Å². The third kappa shape index (κ3) is 5.26. The van der Waals surface area contributed by atoms with Gasteiger partial charge in [0.2, 0.25) is 5.88 Å². The van der Waals surface area contributed by atoms with Gasteiger partial charge in [-0.2, -0.15) is 0 Å². The molecule has 0 N–H and O–H groups in total. The first-order valence-electron chi connectivity index (χ1n) is 10.1. The van der Waals surface area contributed by atoms with E-state index in [0.29, 0.717) is 50.6 Å². The van der Waals surface area contributed by atoms with Gasteiger partial charge < -0.3 is 14.2 Å². The van der Waals surface area contributed by atoms with Gasteiger partial charge in [-0.25, -0.2) is 4.98 Å². The first-order chi connectivity index (χ1) is 14.1. The van der Waals surface area contributed by atoms with Crippen LogP contribution in [0.2, 0.25) is 0 Å². The lowest BCUT2D eigenvalue weighted by molar-refractivity contribution is -0.102. The zero-order valence-corrected chi connectivity index (χ0v) is 16.9. The predicted octanol–water partition coefficient (Wildman–Crippen LogP) is 2.46. The third-order valence-corrected chi connectivity index (χ3v) is 5.15. The van der Waals surface area contributed by atoms with Crippen LogP contribution in [0.3, 0.4) is 0 Å². The van der Waals surface area contributed by atoms with E-state index in [0.717, 1.165) is 16.7 Å². The van der Waals surface area contributed by atoms with E-state index >= 15 is 0 Å². The zero-order valence-electron chi connectivity index (χ0n) is 16.9. The lowest BCUT2D eigenvalue weighted by Gasteiger charge is -2.22. The van der Waals surface area contributed by atoms with Crippen molar-refractivity contribution in [3.63, 3.8) is 0 Å².